The second kappa shape index (κ2) is 6.28. The number of aliphatic hydroxyl groups is 2. The summed E-state index contributed by atoms with van der Waals surface area (Å²) in [5.74, 6) is 1.08. The number of rotatable bonds is 4. The van der Waals surface area contributed by atoms with Crippen LogP contribution in [0.15, 0.2) is 11.6 Å². The summed E-state index contributed by atoms with van der Waals surface area (Å²) in [6, 6.07) is 0. The first kappa shape index (κ1) is 18.0. The van der Waals surface area contributed by atoms with Crippen molar-refractivity contribution in [2.24, 2.45) is 22.7 Å². The molecular weight excluding hydrogens is 272 g/mol. The highest BCUT2D eigenvalue weighted by Crippen LogP contribution is 2.62. The van der Waals surface area contributed by atoms with Crippen LogP contribution in [-0.2, 0) is 0 Å². The SMILES string of the molecule is CC(=CCO)CC[C@H]1[C@@]2(C)CCCC(C)(C)[C@@H]2CC[C@@]1(C)O. The molecule has 128 valence electrons. The zero-order valence-electron chi connectivity index (χ0n) is 15.3. The Morgan fingerprint density at radius 1 is 1.14 bits per heavy atom. The van der Waals surface area contributed by atoms with E-state index in [-0.39, 0.29) is 12.0 Å². The first-order valence-corrected chi connectivity index (χ1v) is 9.12. The van der Waals surface area contributed by atoms with E-state index < -0.39 is 5.60 Å². The summed E-state index contributed by atoms with van der Waals surface area (Å²) < 4.78 is 0. The Hall–Kier alpha value is -0.340. The van der Waals surface area contributed by atoms with Crippen LogP contribution in [0.1, 0.15) is 79.6 Å². The minimum atomic E-state index is -0.543. The van der Waals surface area contributed by atoms with Crippen molar-refractivity contribution in [1.82, 2.24) is 0 Å². The molecule has 2 heteroatoms. The fourth-order valence-electron chi connectivity index (χ4n) is 5.90. The molecule has 0 aliphatic heterocycles. The maximum absolute atomic E-state index is 11.1. The molecule has 0 saturated heterocycles. The summed E-state index contributed by atoms with van der Waals surface area (Å²) in [6.07, 6.45) is 9.90. The highest BCUT2D eigenvalue weighted by molar-refractivity contribution is 5.09. The molecule has 0 heterocycles. The Balaban J connectivity index is 2.24. The van der Waals surface area contributed by atoms with E-state index in [1.165, 1.54) is 31.3 Å². The van der Waals surface area contributed by atoms with E-state index in [4.69, 9.17) is 5.11 Å². The predicted molar refractivity (Wildman–Crippen MR) is 92.7 cm³/mol. The van der Waals surface area contributed by atoms with E-state index in [0.29, 0.717) is 11.3 Å². The van der Waals surface area contributed by atoms with E-state index in [0.717, 1.165) is 25.2 Å². The zero-order chi connectivity index (χ0) is 16.6. The van der Waals surface area contributed by atoms with Gasteiger partial charge in [0, 0.05) is 0 Å². The van der Waals surface area contributed by atoms with Gasteiger partial charge in [-0.1, -0.05) is 38.8 Å². The average Bonchev–Trinajstić information content (AvgIpc) is 2.36. The molecule has 4 atom stereocenters. The van der Waals surface area contributed by atoms with Crippen LogP contribution < -0.4 is 0 Å². The molecule has 2 nitrogen and oxygen atoms in total. The van der Waals surface area contributed by atoms with Crippen LogP contribution >= 0.6 is 0 Å². The van der Waals surface area contributed by atoms with E-state index in [2.05, 4.69) is 34.6 Å². The van der Waals surface area contributed by atoms with E-state index >= 15 is 0 Å². The smallest absolute Gasteiger partial charge is 0.0653 e. The number of hydrogen-bond donors (Lipinski definition) is 2. The van der Waals surface area contributed by atoms with Gasteiger partial charge in [0.2, 0.25) is 0 Å². The summed E-state index contributed by atoms with van der Waals surface area (Å²) in [4.78, 5) is 0. The van der Waals surface area contributed by atoms with E-state index in [1.54, 1.807) is 0 Å². The number of hydrogen-bond acceptors (Lipinski definition) is 2. The van der Waals surface area contributed by atoms with Gasteiger partial charge in [-0.2, -0.15) is 0 Å². The summed E-state index contributed by atoms with van der Waals surface area (Å²) in [5.41, 5.74) is 1.36. The van der Waals surface area contributed by atoms with Crippen LogP contribution in [0, 0.1) is 22.7 Å². The van der Waals surface area contributed by atoms with Gasteiger partial charge in [-0.25, -0.2) is 0 Å². The lowest BCUT2D eigenvalue weighted by molar-refractivity contribution is -0.168. The molecule has 2 aliphatic rings. The van der Waals surface area contributed by atoms with Gasteiger partial charge in [0.15, 0.2) is 0 Å². The van der Waals surface area contributed by atoms with Crippen LogP contribution in [0.4, 0.5) is 0 Å². The largest absolute Gasteiger partial charge is 0.392 e. The highest BCUT2D eigenvalue weighted by Gasteiger charge is 2.57. The fourth-order valence-corrected chi connectivity index (χ4v) is 5.90. The summed E-state index contributed by atoms with van der Waals surface area (Å²) in [6.45, 7) is 11.6. The molecule has 2 fully saturated rings. The van der Waals surface area contributed by atoms with Crippen LogP contribution in [0.5, 0.6) is 0 Å². The average molecular weight is 309 g/mol. The van der Waals surface area contributed by atoms with Crippen molar-refractivity contribution in [2.45, 2.75) is 85.2 Å². The lowest BCUT2D eigenvalue weighted by Crippen LogP contribution is -2.57. The van der Waals surface area contributed by atoms with Crippen molar-refractivity contribution in [1.29, 1.82) is 0 Å². The lowest BCUT2D eigenvalue weighted by atomic mass is 9.45. The van der Waals surface area contributed by atoms with E-state index in [1.807, 2.05) is 6.08 Å². The van der Waals surface area contributed by atoms with Crippen molar-refractivity contribution in [2.75, 3.05) is 6.61 Å². The van der Waals surface area contributed by atoms with Crippen molar-refractivity contribution >= 4 is 0 Å². The minimum absolute atomic E-state index is 0.125. The maximum atomic E-state index is 11.1. The highest BCUT2D eigenvalue weighted by atomic mass is 16.3. The number of aliphatic hydroxyl groups excluding tert-OH is 1. The third-order valence-corrected chi connectivity index (χ3v) is 7.03. The number of fused-ring (bicyclic) bond motifs is 1. The molecule has 0 aromatic rings. The Bertz CT molecular complexity index is 421. The van der Waals surface area contributed by atoms with Gasteiger partial charge in [-0.15, -0.1) is 0 Å². The zero-order valence-corrected chi connectivity index (χ0v) is 15.3. The van der Waals surface area contributed by atoms with Crippen molar-refractivity contribution in [3.8, 4) is 0 Å². The standard InChI is InChI=1S/C20H36O2/c1-15(10-14-21)7-8-17-19(4)12-6-11-18(2,3)16(19)9-13-20(17,5)22/h10,16-17,21-22H,6-9,11-14H2,1-5H3/t16-,17-,19-,20+/m0/s1. The summed E-state index contributed by atoms with van der Waals surface area (Å²) in [7, 11) is 0. The quantitative estimate of drug-likeness (QED) is 0.739. The molecule has 0 aromatic carbocycles. The summed E-state index contributed by atoms with van der Waals surface area (Å²) in [5, 5.41) is 20.1. The molecule has 0 bridgehead atoms. The second-order valence-electron chi connectivity index (χ2n) is 9.12. The molecule has 2 rings (SSSR count). The first-order chi connectivity index (χ1) is 10.1. The Kier molecular flexibility index (Phi) is 5.14. The second-order valence-corrected chi connectivity index (χ2v) is 9.12. The van der Waals surface area contributed by atoms with Gasteiger partial charge >= 0.3 is 0 Å². The van der Waals surface area contributed by atoms with Gasteiger partial charge < -0.3 is 10.2 Å². The van der Waals surface area contributed by atoms with Crippen LogP contribution in [0.25, 0.3) is 0 Å². The topological polar surface area (TPSA) is 40.5 Å². The molecule has 22 heavy (non-hydrogen) atoms. The van der Waals surface area contributed by atoms with Crippen molar-refractivity contribution in [3.63, 3.8) is 0 Å². The van der Waals surface area contributed by atoms with Gasteiger partial charge in [0.05, 0.1) is 12.2 Å². The molecule has 0 unspecified atom stereocenters. The molecular formula is C20H36O2. The minimum Gasteiger partial charge on any atom is -0.392 e. The number of allylic oxidation sites excluding steroid dienone is 1. The molecule has 0 aromatic heterocycles. The van der Waals surface area contributed by atoms with Crippen molar-refractivity contribution < 1.29 is 10.2 Å². The Morgan fingerprint density at radius 3 is 2.45 bits per heavy atom. The molecule has 2 saturated carbocycles. The molecule has 0 radical (unpaired) electrons. The maximum Gasteiger partial charge on any atom is 0.0653 e. The summed E-state index contributed by atoms with van der Waals surface area (Å²) >= 11 is 0. The van der Waals surface area contributed by atoms with Crippen molar-refractivity contribution in [3.05, 3.63) is 11.6 Å². The Labute approximate surface area is 137 Å². The molecule has 0 spiro atoms. The van der Waals surface area contributed by atoms with Crippen LogP contribution in [0.2, 0.25) is 0 Å². The third kappa shape index (κ3) is 3.28. The van der Waals surface area contributed by atoms with E-state index in [9.17, 15) is 5.11 Å². The monoisotopic (exact) mass is 308 g/mol. The molecule has 2 N–H and O–H groups in total. The van der Waals surface area contributed by atoms with Crippen LogP contribution in [-0.4, -0.2) is 22.4 Å². The van der Waals surface area contributed by atoms with Gasteiger partial charge in [0.1, 0.15) is 0 Å². The molecule has 0 amide bonds. The Morgan fingerprint density at radius 2 is 1.82 bits per heavy atom. The van der Waals surface area contributed by atoms with Gasteiger partial charge in [0.25, 0.3) is 0 Å². The lowest BCUT2D eigenvalue weighted by Gasteiger charge is -2.61. The van der Waals surface area contributed by atoms with Gasteiger partial charge in [-0.3, -0.25) is 0 Å². The fraction of sp³-hybridized carbons (Fsp3) is 0.900. The third-order valence-electron chi connectivity index (χ3n) is 7.03. The van der Waals surface area contributed by atoms with Crippen LogP contribution in [0.3, 0.4) is 0 Å². The first-order valence-electron chi connectivity index (χ1n) is 9.12. The predicted octanol–water partition coefficient (Wildman–Crippen LogP) is 4.70. The molecule has 2 aliphatic carbocycles. The normalized spacial score (nSPS) is 42.0. The van der Waals surface area contributed by atoms with Gasteiger partial charge in [-0.05, 0) is 75.0 Å².